The van der Waals surface area contributed by atoms with Crippen LogP contribution in [0.4, 0.5) is 0 Å². The highest BCUT2D eigenvalue weighted by Gasteiger charge is 2.29. The number of nitrogens with zero attached hydrogens (tertiary/aromatic N) is 1. The van der Waals surface area contributed by atoms with Crippen LogP contribution in [0, 0.1) is 17.2 Å². The lowest BCUT2D eigenvalue weighted by Gasteiger charge is -2.27. The van der Waals surface area contributed by atoms with E-state index in [0.29, 0.717) is 13.2 Å². The second kappa shape index (κ2) is 7.60. The summed E-state index contributed by atoms with van der Waals surface area (Å²) in [5, 5.41) is 12.1. The number of thioether (sulfide) groups is 1. The smallest absolute Gasteiger partial charge is 0.231 e. The summed E-state index contributed by atoms with van der Waals surface area (Å²) >= 11 is 1.41. The lowest BCUT2D eigenvalue weighted by molar-refractivity contribution is -0.120. The van der Waals surface area contributed by atoms with Crippen molar-refractivity contribution in [2.45, 2.75) is 37.6 Å². The summed E-state index contributed by atoms with van der Waals surface area (Å²) in [5.41, 5.74) is -0.845. The van der Waals surface area contributed by atoms with Gasteiger partial charge in [0.25, 0.3) is 0 Å². The van der Waals surface area contributed by atoms with E-state index in [0.717, 1.165) is 22.8 Å². The van der Waals surface area contributed by atoms with E-state index in [9.17, 15) is 10.1 Å². The summed E-state index contributed by atoms with van der Waals surface area (Å²) < 4.78 is 11.2. The van der Waals surface area contributed by atoms with Crippen LogP contribution in [0.1, 0.15) is 27.2 Å². The second-order valence-corrected chi connectivity index (χ2v) is 7.01. The van der Waals surface area contributed by atoms with E-state index < -0.39 is 5.54 Å². The Morgan fingerprint density at radius 1 is 1.39 bits per heavy atom. The minimum Gasteiger partial charge on any atom is -0.490 e. The Morgan fingerprint density at radius 3 is 2.74 bits per heavy atom. The fourth-order valence-electron chi connectivity index (χ4n) is 2.01. The quantitative estimate of drug-likeness (QED) is 0.838. The molecule has 1 aliphatic heterocycles. The van der Waals surface area contributed by atoms with Crippen LogP contribution in [0.15, 0.2) is 23.1 Å². The third-order valence-corrected chi connectivity index (χ3v) is 4.87. The van der Waals surface area contributed by atoms with Gasteiger partial charge in [0.05, 0.1) is 25.0 Å². The fourth-order valence-corrected chi connectivity index (χ4v) is 2.73. The molecule has 0 bridgehead atoms. The summed E-state index contributed by atoms with van der Waals surface area (Å²) in [7, 11) is 0. The Labute approximate surface area is 141 Å². The van der Waals surface area contributed by atoms with Gasteiger partial charge in [0.15, 0.2) is 11.5 Å². The molecule has 1 heterocycles. The number of hydrogen-bond donors (Lipinski definition) is 1. The van der Waals surface area contributed by atoms with Crippen molar-refractivity contribution in [3.8, 4) is 17.6 Å². The molecule has 1 aromatic rings. The number of nitrogens with one attached hydrogen (secondary N) is 1. The van der Waals surface area contributed by atoms with E-state index in [1.807, 2.05) is 32.0 Å². The van der Waals surface area contributed by atoms with Crippen molar-refractivity contribution in [1.29, 1.82) is 5.26 Å². The van der Waals surface area contributed by atoms with Gasteiger partial charge in [-0.15, -0.1) is 11.8 Å². The summed E-state index contributed by atoms with van der Waals surface area (Å²) in [4.78, 5) is 13.0. The highest BCUT2D eigenvalue weighted by molar-refractivity contribution is 8.00. The Morgan fingerprint density at radius 2 is 2.09 bits per heavy atom. The molecular weight excluding hydrogens is 312 g/mol. The molecule has 1 N–H and O–H groups in total. The molecule has 1 aliphatic rings. The maximum absolute atomic E-state index is 12.1. The molecule has 1 amide bonds. The van der Waals surface area contributed by atoms with Gasteiger partial charge in [-0.3, -0.25) is 4.79 Å². The number of nitriles is 1. The molecule has 5 nitrogen and oxygen atoms in total. The number of hydrogen-bond acceptors (Lipinski definition) is 5. The zero-order valence-corrected chi connectivity index (χ0v) is 14.5. The zero-order chi connectivity index (χ0) is 16.9. The normalized spacial score (nSPS) is 16.1. The van der Waals surface area contributed by atoms with Gasteiger partial charge >= 0.3 is 0 Å². The van der Waals surface area contributed by atoms with Crippen LogP contribution < -0.4 is 14.8 Å². The minimum atomic E-state index is -0.845. The second-order valence-electron chi connectivity index (χ2n) is 5.96. The van der Waals surface area contributed by atoms with E-state index in [2.05, 4.69) is 11.4 Å². The van der Waals surface area contributed by atoms with Gasteiger partial charge in [-0.05, 0) is 31.0 Å². The molecule has 23 heavy (non-hydrogen) atoms. The van der Waals surface area contributed by atoms with Crippen molar-refractivity contribution in [1.82, 2.24) is 5.32 Å². The number of fused-ring (bicyclic) bond motifs is 1. The lowest BCUT2D eigenvalue weighted by Crippen LogP contribution is -2.49. The highest BCUT2D eigenvalue weighted by atomic mass is 32.2. The molecule has 1 aromatic carbocycles. The third-order valence-electron chi connectivity index (χ3n) is 3.87. The number of benzene rings is 1. The molecule has 124 valence electrons. The molecule has 0 radical (unpaired) electrons. The van der Waals surface area contributed by atoms with Crippen LogP contribution in [0.3, 0.4) is 0 Å². The van der Waals surface area contributed by atoms with Crippen molar-refractivity contribution < 1.29 is 14.3 Å². The largest absolute Gasteiger partial charge is 0.490 e. The van der Waals surface area contributed by atoms with Gasteiger partial charge in [-0.1, -0.05) is 13.8 Å². The first-order valence-electron chi connectivity index (χ1n) is 7.69. The minimum absolute atomic E-state index is 0.0412. The van der Waals surface area contributed by atoms with Gasteiger partial charge < -0.3 is 14.8 Å². The van der Waals surface area contributed by atoms with Crippen LogP contribution >= 0.6 is 11.8 Å². The van der Waals surface area contributed by atoms with Crippen LogP contribution in [0.25, 0.3) is 0 Å². The zero-order valence-electron chi connectivity index (χ0n) is 13.7. The van der Waals surface area contributed by atoms with Crippen molar-refractivity contribution >= 4 is 17.7 Å². The van der Waals surface area contributed by atoms with Gasteiger partial charge in [0.1, 0.15) is 5.54 Å². The van der Waals surface area contributed by atoms with Crippen LogP contribution in [0.5, 0.6) is 11.5 Å². The third kappa shape index (κ3) is 4.55. The first kappa shape index (κ1) is 17.5. The molecule has 0 aromatic heterocycles. The van der Waals surface area contributed by atoms with Gasteiger partial charge in [-0.25, -0.2) is 0 Å². The standard InChI is InChI=1S/C17H22N2O3S/c1-12(2)17(3,11-18)19-16(20)10-23-13-5-6-14-15(9-13)22-8-4-7-21-14/h5-6,9,12H,4,7-8,10H2,1-3H3,(H,19,20). The van der Waals surface area contributed by atoms with E-state index in [-0.39, 0.29) is 17.6 Å². The summed E-state index contributed by atoms with van der Waals surface area (Å²) in [6, 6.07) is 7.85. The Balaban J connectivity index is 1.95. The molecule has 0 saturated carbocycles. The van der Waals surface area contributed by atoms with Crippen LogP contribution in [-0.4, -0.2) is 30.4 Å². The Hall–Kier alpha value is -1.87. The first-order valence-corrected chi connectivity index (χ1v) is 8.68. The highest BCUT2D eigenvalue weighted by Crippen LogP contribution is 2.33. The van der Waals surface area contributed by atoms with E-state index >= 15 is 0 Å². The molecule has 1 unspecified atom stereocenters. The molecule has 1 atom stereocenters. The number of amides is 1. The van der Waals surface area contributed by atoms with Crippen LogP contribution in [0.2, 0.25) is 0 Å². The average Bonchev–Trinajstić information content (AvgIpc) is 2.77. The predicted octanol–water partition coefficient (Wildman–Crippen LogP) is 2.99. The fraction of sp³-hybridized carbons (Fsp3) is 0.529. The van der Waals surface area contributed by atoms with Crippen LogP contribution in [-0.2, 0) is 4.79 Å². The molecule has 0 spiro atoms. The summed E-state index contributed by atoms with van der Waals surface area (Å²) in [5.74, 6) is 1.60. The number of carbonyl (C=O) groups is 1. The molecule has 0 fully saturated rings. The molecular formula is C17H22N2O3S. The SMILES string of the molecule is CC(C)C(C)(C#N)NC(=O)CSc1ccc2c(c1)OCCCO2. The monoisotopic (exact) mass is 334 g/mol. The van der Waals surface area contributed by atoms with Crippen molar-refractivity contribution in [3.05, 3.63) is 18.2 Å². The lowest BCUT2D eigenvalue weighted by atomic mass is 9.90. The Kier molecular flexibility index (Phi) is 5.78. The topological polar surface area (TPSA) is 71.4 Å². The number of ether oxygens (including phenoxy) is 2. The Bertz CT molecular complexity index is 612. The van der Waals surface area contributed by atoms with Crippen molar-refractivity contribution in [2.75, 3.05) is 19.0 Å². The van der Waals surface area contributed by atoms with E-state index in [1.165, 1.54) is 11.8 Å². The average molecular weight is 334 g/mol. The molecule has 0 saturated heterocycles. The van der Waals surface area contributed by atoms with E-state index in [1.54, 1.807) is 6.92 Å². The van der Waals surface area contributed by atoms with Gasteiger partial charge in [0, 0.05) is 11.3 Å². The first-order chi connectivity index (χ1) is 10.9. The van der Waals surface area contributed by atoms with E-state index in [4.69, 9.17) is 9.47 Å². The summed E-state index contributed by atoms with van der Waals surface area (Å²) in [6.45, 7) is 6.87. The van der Waals surface area contributed by atoms with Gasteiger partial charge in [-0.2, -0.15) is 5.26 Å². The van der Waals surface area contributed by atoms with Crippen molar-refractivity contribution in [3.63, 3.8) is 0 Å². The van der Waals surface area contributed by atoms with Crippen molar-refractivity contribution in [2.24, 2.45) is 5.92 Å². The predicted molar refractivity (Wildman–Crippen MR) is 89.8 cm³/mol. The molecule has 6 heteroatoms. The molecule has 2 rings (SSSR count). The number of rotatable bonds is 5. The van der Waals surface area contributed by atoms with Gasteiger partial charge in [0.2, 0.25) is 5.91 Å². The molecule has 0 aliphatic carbocycles. The summed E-state index contributed by atoms with van der Waals surface area (Å²) in [6.07, 6.45) is 0.863. The number of carbonyl (C=O) groups excluding carboxylic acids is 1. The maximum Gasteiger partial charge on any atom is 0.231 e. The maximum atomic E-state index is 12.1.